The van der Waals surface area contributed by atoms with Crippen LogP contribution in [0.3, 0.4) is 0 Å². The summed E-state index contributed by atoms with van der Waals surface area (Å²) in [5.74, 6) is 0.902. The Hall–Kier alpha value is -2.95. The molecule has 27 heavy (non-hydrogen) atoms. The van der Waals surface area contributed by atoms with Gasteiger partial charge in [-0.3, -0.25) is 4.79 Å². The maximum atomic E-state index is 13.2. The van der Waals surface area contributed by atoms with Gasteiger partial charge in [0.2, 0.25) is 17.8 Å². The molecule has 0 aliphatic rings. The topological polar surface area (TPSA) is 91.6 Å². The fourth-order valence-electron chi connectivity index (χ4n) is 2.25. The molecule has 11 heteroatoms. The molecule has 0 saturated carbocycles. The highest BCUT2D eigenvalue weighted by atomic mass is 32.2. The van der Waals surface area contributed by atoms with E-state index < -0.39 is 5.82 Å². The second kappa shape index (κ2) is 7.74. The van der Waals surface area contributed by atoms with E-state index in [1.807, 2.05) is 33.1 Å². The van der Waals surface area contributed by atoms with E-state index in [9.17, 15) is 9.18 Å². The number of fused-ring (bicyclic) bond motifs is 1. The molecule has 0 aliphatic carbocycles. The Morgan fingerprint density at radius 2 is 1.96 bits per heavy atom. The average Bonchev–Trinajstić information content (AvgIpc) is 3.02. The number of benzene rings is 1. The van der Waals surface area contributed by atoms with Crippen molar-refractivity contribution in [2.45, 2.75) is 5.16 Å². The summed E-state index contributed by atoms with van der Waals surface area (Å²) in [6.45, 7) is 0. The van der Waals surface area contributed by atoms with E-state index in [1.54, 1.807) is 15.4 Å². The van der Waals surface area contributed by atoms with Crippen molar-refractivity contribution in [3.8, 4) is 0 Å². The predicted octanol–water partition coefficient (Wildman–Crippen LogP) is 1.52. The number of halogens is 1. The Morgan fingerprint density at radius 1 is 1.19 bits per heavy atom. The van der Waals surface area contributed by atoms with Gasteiger partial charge >= 0.3 is 0 Å². The fraction of sp³-hybridized carbons (Fsp3) is 0.312. The molecular weight excluding hydrogens is 371 g/mol. The summed E-state index contributed by atoms with van der Waals surface area (Å²) >= 11 is 1.20. The summed E-state index contributed by atoms with van der Waals surface area (Å²) in [4.78, 5) is 24.6. The van der Waals surface area contributed by atoms with Crippen LogP contribution in [0.15, 0.2) is 29.4 Å². The van der Waals surface area contributed by atoms with Gasteiger partial charge in [-0.25, -0.2) is 8.79 Å². The van der Waals surface area contributed by atoms with E-state index in [4.69, 9.17) is 0 Å². The van der Waals surface area contributed by atoms with E-state index >= 15 is 0 Å². The minimum atomic E-state index is -0.409. The normalized spacial score (nSPS) is 10.9. The number of carbonyl (C=O) groups is 1. The Bertz CT molecular complexity index is 974. The quantitative estimate of drug-likeness (QED) is 0.634. The molecule has 1 N–H and O–H groups in total. The molecule has 142 valence electrons. The summed E-state index contributed by atoms with van der Waals surface area (Å²) in [5, 5.41) is 11.3. The van der Waals surface area contributed by atoms with Crippen LogP contribution in [-0.4, -0.2) is 64.4 Å². The molecule has 0 spiro atoms. The lowest BCUT2D eigenvalue weighted by Crippen LogP contribution is -2.20. The first-order valence-corrected chi connectivity index (χ1v) is 8.99. The Kier molecular flexibility index (Phi) is 5.40. The SMILES string of the molecule is CN(C)c1nc(N(C)C)n2c(SCC(=O)Nc3cccc(F)c3)nnc2n1. The molecule has 1 aromatic carbocycles. The van der Waals surface area contributed by atoms with Gasteiger partial charge in [0.1, 0.15) is 5.82 Å². The van der Waals surface area contributed by atoms with Crippen molar-refractivity contribution < 1.29 is 9.18 Å². The largest absolute Gasteiger partial charge is 0.348 e. The van der Waals surface area contributed by atoms with Crippen LogP contribution in [0.25, 0.3) is 5.78 Å². The Morgan fingerprint density at radius 3 is 2.63 bits per heavy atom. The lowest BCUT2D eigenvalue weighted by molar-refractivity contribution is -0.113. The minimum absolute atomic E-state index is 0.0829. The second-order valence-electron chi connectivity index (χ2n) is 6.08. The van der Waals surface area contributed by atoms with Crippen LogP contribution < -0.4 is 15.1 Å². The third kappa shape index (κ3) is 4.25. The highest BCUT2D eigenvalue weighted by Gasteiger charge is 2.18. The van der Waals surface area contributed by atoms with E-state index in [0.29, 0.717) is 28.5 Å². The van der Waals surface area contributed by atoms with Crippen LogP contribution in [-0.2, 0) is 4.79 Å². The summed E-state index contributed by atoms with van der Waals surface area (Å²) in [6, 6.07) is 5.74. The number of aromatic nitrogens is 5. The first kappa shape index (κ1) is 18.8. The molecule has 0 saturated heterocycles. The first-order chi connectivity index (χ1) is 12.8. The van der Waals surface area contributed by atoms with Crippen LogP contribution in [0.1, 0.15) is 0 Å². The molecule has 3 aromatic rings. The smallest absolute Gasteiger partial charge is 0.261 e. The molecule has 0 atom stereocenters. The maximum absolute atomic E-state index is 13.2. The molecule has 0 bridgehead atoms. The van der Waals surface area contributed by atoms with Crippen molar-refractivity contribution in [3.05, 3.63) is 30.1 Å². The number of hydrogen-bond acceptors (Lipinski definition) is 8. The van der Waals surface area contributed by atoms with E-state index in [1.165, 1.54) is 30.0 Å². The van der Waals surface area contributed by atoms with Crippen LogP contribution in [0.4, 0.5) is 22.0 Å². The molecule has 3 rings (SSSR count). The second-order valence-corrected chi connectivity index (χ2v) is 7.02. The fourth-order valence-corrected chi connectivity index (χ4v) is 2.97. The number of amides is 1. The number of carbonyl (C=O) groups excluding carboxylic acids is 1. The first-order valence-electron chi connectivity index (χ1n) is 8.01. The zero-order valence-electron chi connectivity index (χ0n) is 15.3. The van der Waals surface area contributed by atoms with Gasteiger partial charge in [0.15, 0.2) is 5.16 Å². The van der Waals surface area contributed by atoms with Crippen LogP contribution in [0.5, 0.6) is 0 Å². The molecule has 2 heterocycles. The van der Waals surface area contributed by atoms with Gasteiger partial charge in [0.05, 0.1) is 5.75 Å². The Labute approximate surface area is 159 Å². The number of nitrogens with one attached hydrogen (secondary N) is 1. The number of hydrogen-bond donors (Lipinski definition) is 1. The van der Waals surface area contributed by atoms with Crippen molar-refractivity contribution in [3.63, 3.8) is 0 Å². The average molecular weight is 390 g/mol. The summed E-state index contributed by atoms with van der Waals surface area (Å²) in [5.41, 5.74) is 0.402. The molecule has 9 nitrogen and oxygen atoms in total. The lowest BCUT2D eigenvalue weighted by atomic mass is 10.3. The number of thioether (sulfide) groups is 1. The zero-order chi connectivity index (χ0) is 19.6. The standard InChI is InChI=1S/C16H19FN8OS/c1-23(2)13-19-14-21-22-16(25(14)15(20-13)24(3)4)27-9-12(26)18-11-7-5-6-10(17)8-11/h5-8H,9H2,1-4H3,(H,18,26). The van der Waals surface area contributed by atoms with Crippen LogP contribution in [0.2, 0.25) is 0 Å². The summed E-state index contributed by atoms with van der Waals surface area (Å²) in [7, 11) is 7.39. The van der Waals surface area contributed by atoms with E-state index in [2.05, 4.69) is 25.5 Å². The molecular formula is C16H19FN8OS. The molecule has 2 aromatic heterocycles. The van der Waals surface area contributed by atoms with Gasteiger partial charge < -0.3 is 15.1 Å². The van der Waals surface area contributed by atoms with Crippen molar-refractivity contribution in [1.82, 2.24) is 24.6 Å². The highest BCUT2D eigenvalue weighted by molar-refractivity contribution is 7.99. The summed E-state index contributed by atoms with van der Waals surface area (Å²) in [6.07, 6.45) is 0. The molecule has 0 aliphatic heterocycles. The van der Waals surface area contributed by atoms with Gasteiger partial charge in [0, 0.05) is 33.9 Å². The summed E-state index contributed by atoms with van der Waals surface area (Å²) < 4.78 is 14.9. The highest BCUT2D eigenvalue weighted by Crippen LogP contribution is 2.23. The maximum Gasteiger partial charge on any atom is 0.261 e. The van der Waals surface area contributed by atoms with E-state index in [0.717, 1.165) is 0 Å². The van der Waals surface area contributed by atoms with Crippen LogP contribution in [0, 0.1) is 5.82 Å². The molecule has 1 amide bonds. The van der Waals surface area contributed by atoms with Crippen molar-refractivity contribution in [2.75, 3.05) is 49.1 Å². The van der Waals surface area contributed by atoms with E-state index in [-0.39, 0.29) is 11.7 Å². The van der Waals surface area contributed by atoms with Crippen LogP contribution >= 0.6 is 11.8 Å². The van der Waals surface area contributed by atoms with Gasteiger partial charge in [-0.15, -0.1) is 10.2 Å². The monoisotopic (exact) mass is 390 g/mol. The molecule has 0 radical (unpaired) electrons. The third-order valence-electron chi connectivity index (χ3n) is 3.46. The number of rotatable bonds is 6. The van der Waals surface area contributed by atoms with Crippen molar-refractivity contribution >= 4 is 41.0 Å². The van der Waals surface area contributed by atoms with Gasteiger partial charge in [-0.1, -0.05) is 17.8 Å². The zero-order valence-corrected chi connectivity index (χ0v) is 16.2. The molecule has 0 unspecified atom stereocenters. The van der Waals surface area contributed by atoms with Gasteiger partial charge in [0.25, 0.3) is 5.78 Å². The molecule has 0 fully saturated rings. The lowest BCUT2D eigenvalue weighted by Gasteiger charge is -2.17. The minimum Gasteiger partial charge on any atom is -0.348 e. The number of anilines is 3. The number of nitrogens with zero attached hydrogens (tertiary/aromatic N) is 7. The van der Waals surface area contributed by atoms with Crippen molar-refractivity contribution in [2.24, 2.45) is 0 Å². The van der Waals surface area contributed by atoms with Crippen molar-refractivity contribution in [1.29, 1.82) is 0 Å². The third-order valence-corrected chi connectivity index (χ3v) is 4.39. The predicted molar refractivity (Wildman–Crippen MR) is 103 cm³/mol. The Balaban J connectivity index is 1.80. The van der Waals surface area contributed by atoms with Gasteiger partial charge in [-0.05, 0) is 18.2 Å². The van der Waals surface area contributed by atoms with Gasteiger partial charge in [-0.2, -0.15) is 9.97 Å².